The Labute approximate surface area is 278 Å². The summed E-state index contributed by atoms with van der Waals surface area (Å²) in [6, 6.07) is 9.89. The van der Waals surface area contributed by atoms with Crippen LogP contribution in [0.1, 0.15) is 41.0 Å². The molecular formula is C29H28ClF3N4O7S3. The first-order valence-electron chi connectivity index (χ1n) is 13.4. The van der Waals surface area contributed by atoms with Crippen molar-refractivity contribution in [1.29, 1.82) is 0 Å². The summed E-state index contributed by atoms with van der Waals surface area (Å²) < 4.78 is 106. The van der Waals surface area contributed by atoms with E-state index in [0.29, 0.717) is 16.9 Å². The number of amides is 1. The molecule has 0 aliphatic rings. The normalized spacial score (nSPS) is 12.3. The van der Waals surface area contributed by atoms with Gasteiger partial charge in [0.2, 0.25) is 10.0 Å². The van der Waals surface area contributed by atoms with Crippen LogP contribution in [0.2, 0.25) is 5.02 Å². The van der Waals surface area contributed by atoms with Gasteiger partial charge < -0.3 is 10.1 Å². The zero-order valence-electron chi connectivity index (χ0n) is 24.9. The standard InChI is InChI=1S/C29H28ClF3N4O7S3/c1-29(2,17-4-7-25(20(30)12-17)47(34,42)43)26-14-36-28(37(26)18-5-6-21(31)24(13-18)44-3)45-15-19-22(32)10-16(11-23(19)33)27(38)35-8-9-46(39,40)41/h4-7,10-14H,8-9,15H2,1-3H3,(H,35,38)(H2,34,42,43)(H,39,40,41). The number of hydrogen-bond donors (Lipinski definition) is 3. The van der Waals surface area contributed by atoms with Crippen molar-refractivity contribution in [3.05, 3.63) is 99.6 Å². The molecule has 252 valence electrons. The fourth-order valence-electron chi connectivity index (χ4n) is 4.59. The fourth-order valence-corrected chi connectivity index (χ4v) is 7.05. The Hall–Kier alpha value is -3.61. The fraction of sp³-hybridized carbons (Fsp3) is 0.241. The minimum absolute atomic E-state index is 0.0843. The first-order valence-corrected chi connectivity index (χ1v) is 17.9. The number of rotatable bonds is 12. The van der Waals surface area contributed by atoms with Crippen molar-refractivity contribution < 1.29 is 44.1 Å². The second kappa shape index (κ2) is 13.9. The molecule has 1 aromatic heterocycles. The Morgan fingerprint density at radius 2 is 1.72 bits per heavy atom. The van der Waals surface area contributed by atoms with Crippen LogP contribution in [-0.2, 0) is 31.3 Å². The Balaban J connectivity index is 1.72. The van der Waals surface area contributed by atoms with Gasteiger partial charge in [-0.2, -0.15) is 8.42 Å². The van der Waals surface area contributed by atoms with Crippen molar-refractivity contribution >= 4 is 49.4 Å². The summed E-state index contributed by atoms with van der Waals surface area (Å²) in [5.41, 5.74) is -0.275. The highest BCUT2D eigenvalue weighted by Crippen LogP contribution is 2.39. The van der Waals surface area contributed by atoms with E-state index in [4.69, 9.17) is 26.0 Å². The van der Waals surface area contributed by atoms with Gasteiger partial charge in [-0.05, 0) is 42.0 Å². The van der Waals surface area contributed by atoms with Crippen molar-refractivity contribution in [2.45, 2.75) is 35.1 Å². The van der Waals surface area contributed by atoms with Crippen LogP contribution in [0.3, 0.4) is 0 Å². The molecule has 47 heavy (non-hydrogen) atoms. The smallest absolute Gasteiger partial charge is 0.266 e. The topological polar surface area (TPSA) is 171 Å². The second-order valence-electron chi connectivity index (χ2n) is 10.6. The summed E-state index contributed by atoms with van der Waals surface area (Å²) in [4.78, 5) is 16.5. The van der Waals surface area contributed by atoms with Crippen LogP contribution in [0.15, 0.2) is 64.8 Å². The van der Waals surface area contributed by atoms with Gasteiger partial charge in [0, 0.05) is 34.9 Å². The first-order chi connectivity index (χ1) is 21.8. The zero-order valence-corrected chi connectivity index (χ0v) is 28.1. The third-order valence-corrected chi connectivity index (χ3v) is 10.2. The molecular weight excluding hydrogens is 705 g/mol. The average molecular weight is 733 g/mol. The molecule has 1 heterocycles. The lowest BCUT2D eigenvalue weighted by atomic mass is 9.81. The largest absolute Gasteiger partial charge is 0.494 e. The number of nitrogens with one attached hydrogen (secondary N) is 1. The van der Waals surface area contributed by atoms with Gasteiger partial charge in [-0.3, -0.25) is 13.9 Å². The van der Waals surface area contributed by atoms with Crippen LogP contribution in [-0.4, -0.2) is 56.3 Å². The van der Waals surface area contributed by atoms with Crippen molar-refractivity contribution in [3.63, 3.8) is 0 Å². The lowest BCUT2D eigenvalue weighted by molar-refractivity contribution is 0.0955. The summed E-state index contributed by atoms with van der Waals surface area (Å²) in [6.07, 6.45) is 1.51. The first kappa shape index (κ1) is 36.2. The Bertz CT molecular complexity index is 2050. The van der Waals surface area contributed by atoms with E-state index >= 15 is 8.78 Å². The number of benzene rings is 3. The van der Waals surface area contributed by atoms with Gasteiger partial charge in [-0.1, -0.05) is 43.3 Å². The van der Waals surface area contributed by atoms with Crippen LogP contribution >= 0.6 is 23.4 Å². The maximum Gasteiger partial charge on any atom is 0.266 e. The van der Waals surface area contributed by atoms with Crippen LogP contribution < -0.4 is 15.2 Å². The minimum atomic E-state index is -4.35. The second-order valence-corrected chi connectivity index (χ2v) is 15.1. The molecule has 0 aliphatic carbocycles. The summed E-state index contributed by atoms with van der Waals surface area (Å²) in [5.74, 6) is -4.85. The van der Waals surface area contributed by atoms with E-state index < -0.39 is 66.8 Å². The minimum Gasteiger partial charge on any atom is -0.494 e. The number of aromatic nitrogens is 2. The van der Waals surface area contributed by atoms with Crippen molar-refractivity contribution in [3.8, 4) is 11.4 Å². The molecule has 18 heteroatoms. The van der Waals surface area contributed by atoms with Gasteiger partial charge in [-0.25, -0.2) is 31.7 Å². The van der Waals surface area contributed by atoms with Crippen molar-refractivity contribution in [2.24, 2.45) is 5.14 Å². The van der Waals surface area contributed by atoms with Crippen LogP contribution in [0.25, 0.3) is 5.69 Å². The number of carbonyl (C=O) groups is 1. The molecule has 0 spiro atoms. The van der Waals surface area contributed by atoms with Crippen LogP contribution in [0.4, 0.5) is 13.2 Å². The number of methoxy groups -OCH3 is 1. The summed E-state index contributed by atoms with van der Waals surface area (Å²) in [5, 5.41) is 7.54. The molecule has 4 rings (SSSR count). The summed E-state index contributed by atoms with van der Waals surface area (Å²) in [7, 11) is -7.16. The molecule has 3 aromatic carbocycles. The van der Waals surface area contributed by atoms with Crippen LogP contribution in [0.5, 0.6) is 5.75 Å². The number of halogens is 4. The van der Waals surface area contributed by atoms with Crippen molar-refractivity contribution in [2.75, 3.05) is 19.4 Å². The van der Waals surface area contributed by atoms with Gasteiger partial charge in [0.1, 0.15) is 16.5 Å². The quantitative estimate of drug-likeness (QED) is 0.136. The molecule has 1 amide bonds. The molecule has 0 saturated heterocycles. The molecule has 11 nitrogen and oxygen atoms in total. The lowest BCUT2D eigenvalue weighted by Gasteiger charge is -2.28. The summed E-state index contributed by atoms with van der Waals surface area (Å²) in [6.45, 7) is 3.13. The molecule has 0 radical (unpaired) electrons. The predicted octanol–water partition coefficient (Wildman–Crippen LogP) is 4.83. The number of ether oxygens (including phenoxy) is 1. The predicted molar refractivity (Wildman–Crippen MR) is 170 cm³/mol. The Morgan fingerprint density at radius 1 is 1.06 bits per heavy atom. The molecule has 4 N–H and O–H groups in total. The number of thioether (sulfide) groups is 1. The van der Waals surface area contributed by atoms with Crippen LogP contribution in [0, 0.1) is 17.5 Å². The number of imidazole rings is 1. The van der Waals surface area contributed by atoms with E-state index in [0.717, 1.165) is 23.9 Å². The number of sulfonamides is 1. The molecule has 0 unspecified atom stereocenters. The Morgan fingerprint density at radius 3 is 2.30 bits per heavy atom. The number of nitrogens with zero attached hydrogens (tertiary/aromatic N) is 2. The number of carbonyl (C=O) groups excluding carboxylic acids is 1. The SMILES string of the molecule is COc1cc(-n2c(C(C)(C)c3ccc(S(N)(=O)=O)c(Cl)c3)cnc2SCc2c(F)cc(C(=O)NCCS(=O)(=O)O)cc2F)ccc1F. The summed E-state index contributed by atoms with van der Waals surface area (Å²) >= 11 is 7.21. The Kier molecular flexibility index (Phi) is 10.7. The van der Waals surface area contributed by atoms with Gasteiger partial charge in [-0.15, -0.1) is 0 Å². The zero-order chi connectivity index (χ0) is 34.9. The van der Waals surface area contributed by atoms with E-state index in [9.17, 15) is 26.0 Å². The monoisotopic (exact) mass is 732 g/mol. The van der Waals surface area contributed by atoms with Gasteiger partial charge in [0.25, 0.3) is 16.0 Å². The highest BCUT2D eigenvalue weighted by molar-refractivity contribution is 7.98. The van der Waals surface area contributed by atoms with Crippen molar-refractivity contribution in [1.82, 2.24) is 14.9 Å². The maximum absolute atomic E-state index is 15.1. The third-order valence-electron chi connectivity index (χ3n) is 7.12. The van der Waals surface area contributed by atoms with Gasteiger partial charge in [0.15, 0.2) is 16.7 Å². The lowest BCUT2D eigenvalue weighted by Crippen LogP contribution is -2.29. The third kappa shape index (κ3) is 8.28. The van der Waals surface area contributed by atoms with E-state index in [1.54, 1.807) is 18.4 Å². The number of nitrogens with two attached hydrogens (primary N) is 1. The maximum atomic E-state index is 15.1. The van der Waals surface area contributed by atoms with Gasteiger partial charge >= 0.3 is 0 Å². The van der Waals surface area contributed by atoms with E-state index in [1.165, 1.54) is 49.7 Å². The molecule has 0 atom stereocenters. The molecule has 0 saturated carbocycles. The highest BCUT2D eigenvalue weighted by atomic mass is 35.5. The highest BCUT2D eigenvalue weighted by Gasteiger charge is 2.31. The number of hydrogen-bond acceptors (Lipinski definition) is 8. The average Bonchev–Trinajstić information content (AvgIpc) is 3.40. The van der Waals surface area contributed by atoms with E-state index in [-0.39, 0.29) is 32.1 Å². The molecule has 4 aromatic rings. The van der Waals surface area contributed by atoms with Gasteiger partial charge in [0.05, 0.1) is 35.5 Å². The van der Waals surface area contributed by atoms with E-state index in [2.05, 4.69) is 10.3 Å². The number of primary sulfonamides is 1. The van der Waals surface area contributed by atoms with E-state index in [1.807, 2.05) is 0 Å². The molecule has 0 bridgehead atoms. The molecule has 0 aliphatic heterocycles. The molecule has 0 fully saturated rings.